The molecule has 0 saturated carbocycles. The Bertz CT molecular complexity index is 276. The van der Waals surface area contributed by atoms with Gasteiger partial charge in [-0.2, -0.15) is 5.21 Å². The number of unbranched alkanes of at least 4 members (excludes halogenated alkanes) is 2. The summed E-state index contributed by atoms with van der Waals surface area (Å²) in [5, 5.41) is 30.2. The molecule has 1 rings (SSSR count). The number of aromatic amines is 1. The molecule has 0 spiro atoms. The predicted molar refractivity (Wildman–Crippen MR) is 63.0 cm³/mol. The first kappa shape index (κ1) is 16.3. The van der Waals surface area contributed by atoms with Crippen LogP contribution >= 0.6 is 12.4 Å². The monoisotopic (exact) mass is 265 g/mol. The van der Waals surface area contributed by atoms with Gasteiger partial charge >= 0.3 is 7.32 Å². The molecule has 0 aliphatic rings. The van der Waals surface area contributed by atoms with Crippen molar-refractivity contribution >= 4 is 19.7 Å². The summed E-state index contributed by atoms with van der Waals surface area (Å²) in [5.74, 6) is 0.516. The Kier molecular flexibility index (Phi) is 8.91. The Labute approximate surface area is 106 Å². The molecule has 0 aliphatic heterocycles. The molecule has 0 amide bonds. The molecule has 1 aromatic rings. The van der Waals surface area contributed by atoms with E-state index >= 15 is 0 Å². The molecule has 0 radical (unpaired) electrons. The number of nitrogens with one attached hydrogen (secondary N) is 1. The van der Waals surface area contributed by atoms with E-state index in [2.05, 4.69) is 25.3 Å². The molecule has 1 heterocycles. The Morgan fingerprint density at radius 2 is 2.12 bits per heavy atom. The number of aromatic nitrogens is 4. The minimum Gasteiger partial charge on any atom is -0.402 e. The van der Waals surface area contributed by atoms with Crippen molar-refractivity contribution in [3.05, 3.63) is 5.82 Å². The van der Waals surface area contributed by atoms with Gasteiger partial charge in [0.2, 0.25) is 0 Å². The van der Waals surface area contributed by atoms with Gasteiger partial charge in [0.1, 0.15) is 0 Å². The molecule has 98 valence electrons. The van der Waals surface area contributed by atoms with E-state index in [0.29, 0.717) is 12.4 Å². The minimum atomic E-state index is -1.68. The summed E-state index contributed by atoms with van der Waals surface area (Å²) in [4.78, 5) is 0. The van der Waals surface area contributed by atoms with E-state index in [4.69, 9.17) is 15.8 Å². The fraction of sp³-hybridized carbons (Fsp3) is 0.857. The number of H-pyrrole nitrogens is 1. The lowest BCUT2D eigenvalue weighted by atomic mass is 10.1. The highest BCUT2D eigenvalue weighted by molar-refractivity contribution is 6.32. The predicted octanol–water partition coefficient (Wildman–Crippen LogP) is -0.832. The van der Waals surface area contributed by atoms with Gasteiger partial charge in [-0.05, 0) is 12.8 Å². The highest BCUT2D eigenvalue weighted by atomic mass is 35.5. The number of rotatable bonds is 8. The third-order valence-corrected chi connectivity index (χ3v) is 2.12. The highest BCUT2D eigenvalue weighted by Gasteiger charge is 2.10. The van der Waals surface area contributed by atoms with Gasteiger partial charge in [0.25, 0.3) is 0 Å². The number of hydrogen-bond acceptors (Lipinski definition) is 7. The first-order valence-corrected chi connectivity index (χ1v) is 5.17. The summed E-state index contributed by atoms with van der Waals surface area (Å²) < 4.78 is 4.56. The lowest BCUT2D eigenvalue weighted by molar-refractivity contribution is 0.181. The summed E-state index contributed by atoms with van der Waals surface area (Å²) in [6, 6.07) is -0.205. The van der Waals surface area contributed by atoms with E-state index in [1.165, 1.54) is 0 Å². The minimum absolute atomic E-state index is 0. The number of nitrogens with zero attached hydrogens (tertiary/aromatic N) is 3. The molecule has 0 aromatic carbocycles. The Hall–Kier alpha value is -0.735. The summed E-state index contributed by atoms with van der Waals surface area (Å²) in [6.45, 7) is 0.328. The van der Waals surface area contributed by atoms with Crippen molar-refractivity contribution < 1.29 is 14.7 Å². The van der Waals surface area contributed by atoms with E-state index in [-0.39, 0.29) is 18.4 Å². The van der Waals surface area contributed by atoms with Gasteiger partial charge in [-0.15, -0.1) is 22.6 Å². The molecule has 0 bridgehead atoms. The zero-order chi connectivity index (χ0) is 11.8. The first-order chi connectivity index (χ1) is 7.70. The van der Waals surface area contributed by atoms with Crippen molar-refractivity contribution in [2.45, 2.75) is 31.7 Å². The van der Waals surface area contributed by atoms with Gasteiger partial charge in [0.15, 0.2) is 5.82 Å². The molecule has 1 aromatic heterocycles. The van der Waals surface area contributed by atoms with E-state index in [1.807, 2.05) is 0 Å². The van der Waals surface area contributed by atoms with Crippen LogP contribution in [0, 0.1) is 0 Å². The Balaban J connectivity index is 0.00000256. The van der Waals surface area contributed by atoms with E-state index in [9.17, 15) is 0 Å². The van der Waals surface area contributed by atoms with Crippen LogP contribution in [-0.4, -0.2) is 44.6 Å². The van der Waals surface area contributed by atoms with Crippen molar-refractivity contribution in [3.8, 4) is 0 Å². The normalized spacial score (nSPS) is 11.9. The standard InChI is InChI=1S/C7H16BN5O3.ClH/c9-6(7-10-12-13-11-7)4-2-1-3-5-16-8(14)15;/h6,14-15H,1-5,9H2,(H,10,11,12,13);1H. The summed E-state index contributed by atoms with van der Waals surface area (Å²) >= 11 is 0. The number of hydrogen-bond donors (Lipinski definition) is 4. The Morgan fingerprint density at radius 1 is 1.35 bits per heavy atom. The van der Waals surface area contributed by atoms with Crippen molar-refractivity contribution in [1.29, 1.82) is 0 Å². The van der Waals surface area contributed by atoms with Crippen LogP contribution in [0.25, 0.3) is 0 Å². The molecule has 0 fully saturated rings. The molecule has 0 aliphatic carbocycles. The molecule has 0 saturated heterocycles. The van der Waals surface area contributed by atoms with Gasteiger partial charge in [-0.25, -0.2) is 0 Å². The summed E-state index contributed by atoms with van der Waals surface area (Å²) in [5.41, 5.74) is 5.81. The molecule has 10 heteroatoms. The lowest BCUT2D eigenvalue weighted by Crippen LogP contribution is -2.17. The van der Waals surface area contributed by atoms with Crippen molar-refractivity contribution in [3.63, 3.8) is 0 Å². The second kappa shape index (κ2) is 9.31. The molecular weight excluding hydrogens is 248 g/mol. The molecule has 8 nitrogen and oxygen atoms in total. The van der Waals surface area contributed by atoms with Gasteiger partial charge in [-0.1, -0.05) is 18.1 Å². The van der Waals surface area contributed by atoms with Crippen molar-refractivity contribution in [1.82, 2.24) is 20.6 Å². The van der Waals surface area contributed by atoms with Crippen LogP contribution in [0.4, 0.5) is 0 Å². The highest BCUT2D eigenvalue weighted by Crippen LogP contribution is 2.12. The van der Waals surface area contributed by atoms with Gasteiger partial charge in [0.05, 0.1) is 6.04 Å². The summed E-state index contributed by atoms with van der Waals surface area (Å²) in [7, 11) is -1.68. The second-order valence-electron chi connectivity index (χ2n) is 3.42. The van der Waals surface area contributed by atoms with Crippen LogP contribution < -0.4 is 5.73 Å². The van der Waals surface area contributed by atoms with Gasteiger partial charge in [0, 0.05) is 6.61 Å². The van der Waals surface area contributed by atoms with Crippen LogP contribution in [0.3, 0.4) is 0 Å². The maximum Gasteiger partial charge on any atom is 0.633 e. The van der Waals surface area contributed by atoms with Gasteiger partial charge < -0.3 is 20.4 Å². The van der Waals surface area contributed by atoms with E-state index in [1.54, 1.807) is 0 Å². The number of tetrazole rings is 1. The first-order valence-electron chi connectivity index (χ1n) is 5.17. The van der Waals surface area contributed by atoms with E-state index in [0.717, 1.165) is 25.7 Å². The molecule has 1 atom stereocenters. The quantitative estimate of drug-likeness (QED) is 0.356. The third-order valence-electron chi connectivity index (χ3n) is 2.12. The fourth-order valence-electron chi connectivity index (χ4n) is 1.29. The van der Waals surface area contributed by atoms with E-state index < -0.39 is 7.32 Å². The summed E-state index contributed by atoms with van der Waals surface area (Å²) in [6.07, 6.45) is 3.33. The largest absolute Gasteiger partial charge is 0.633 e. The molecular formula is C7H17BClN5O3. The zero-order valence-electron chi connectivity index (χ0n) is 9.32. The van der Waals surface area contributed by atoms with Crippen LogP contribution in [0.5, 0.6) is 0 Å². The molecule has 5 N–H and O–H groups in total. The van der Waals surface area contributed by atoms with Gasteiger partial charge in [-0.3, -0.25) is 0 Å². The lowest BCUT2D eigenvalue weighted by Gasteiger charge is -2.06. The van der Waals surface area contributed by atoms with Crippen LogP contribution in [0.1, 0.15) is 37.5 Å². The third kappa shape index (κ3) is 7.24. The average Bonchev–Trinajstić information content (AvgIpc) is 2.75. The van der Waals surface area contributed by atoms with Crippen LogP contribution in [0.15, 0.2) is 0 Å². The maximum absolute atomic E-state index is 8.41. The van der Waals surface area contributed by atoms with Crippen molar-refractivity contribution in [2.24, 2.45) is 5.73 Å². The number of nitrogens with two attached hydrogens (primary N) is 1. The zero-order valence-corrected chi connectivity index (χ0v) is 10.1. The number of halogens is 1. The maximum atomic E-state index is 8.41. The fourth-order valence-corrected chi connectivity index (χ4v) is 1.29. The smallest absolute Gasteiger partial charge is 0.402 e. The SMILES string of the molecule is Cl.NC(CCCCCOB(O)O)c1nn[nH]n1. The van der Waals surface area contributed by atoms with Crippen molar-refractivity contribution in [2.75, 3.05) is 6.61 Å². The molecule has 17 heavy (non-hydrogen) atoms. The molecule has 1 unspecified atom stereocenters. The topological polar surface area (TPSA) is 130 Å². The second-order valence-corrected chi connectivity index (χ2v) is 3.42. The van der Waals surface area contributed by atoms with Crippen LogP contribution in [0.2, 0.25) is 0 Å². The Morgan fingerprint density at radius 3 is 2.71 bits per heavy atom. The van der Waals surface area contributed by atoms with Crippen LogP contribution in [-0.2, 0) is 4.65 Å². The average molecular weight is 266 g/mol.